The van der Waals surface area contributed by atoms with Gasteiger partial charge in [0, 0.05) is 12.8 Å². The van der Waals surface area contributed by atoms with E-state index >= 15 is 0 Å². The lowest BCUT2D eigenvalue weighted by Crippen LogP contribution is -2.49. The Bertz CT molecular complexity index is 507. The van der Waals surface area contributed by atoms with E-state index in [9.17, 15) is 4.79 Å². The summed E-state index contributed by atoms with van der Waals surface area (Å²) in [6.45, 7) is 8.02. The highest BCUT2D eigenvalue weighted by Crippen LogP contribution is 2.38. The first-order chi connectivity index (χ1) is 8.90. The Labute approximate surface area is 113 Å². The molecule has 0 saturated carbocycles. The van der Waals surface area contributed by atoms with E-state index in [2.05, 4.69) is 31.2 Å². The molecule has 1 spiro atoms. The van der Waals surface area contributed by atoms with E-state index in [0.717, 1.165) is 25.9 Å². The van der Waals surface area contributed by atoms with Crippen LogP contribution in [0.1, 0.15) is 50.5 Å². The standard InChI is InChI=1S/C14H21N3O2/c1-13(2,3)17-9-11-12(16-17)10(18)8-14(19-11)4-6-15-7-5-14/h9,15H,4-8H2,1-3H3. The maximum Gasteiger partial charge on any atom is 0.190 e. The highest BCUT2D eigenvalue weighted by Gasteiger charge is 2.43. The van der Waals surface area contributed by atoms with E-state index in [1.165, 1.54) is 0 Å². The fraction of sp³-hybridized carbons (Fsp3) is 0.714. The Hall–Kier alpha value is -1.36. The smallest absolute Gasteiger partial charge is 0.190 e. The summed E-state index contributed by atoms with van der Waals surface area (Å²) in [5.74, 6) is 0.777. The molecule has 1 fully saturated rings. The number of carbonyl (C=O) groups excluding carboxylic acids is 1. The zero-order valence-electron chi connectivity index (χ0n) is 11.8. The minimum atomic E-state index is -0.304. The van der Waals surface area contributed by atoms with Crippen LogP contribution in [-0.4, -0.2) is 34.3 Å². The van der Waals surface area contributed by atoms with Crippen LogP contribution < -0.4 is 10.1 Å². The number of ketones is 1. The summed E-state index contributed by atoms with van der Waals surface area (Å²) in [5, 5.41) is 7.72. The molecular formula is C14H21N3O2. The van der Waals surface area contributed by atoms with E-state index < -0.39 is 0 Å². The second-order valence-corrected chi connectivity index (χ2v) is 6.59. The summed E-state index contributed by atoms with van der Waals surface area (Å²) in [6, 6.07) is 0. The summed E-state index contributed by atoms with van der Waals surface area (Å²) in [4.78, 5) is 12.3. The van der Waals surface area contributed by atoms with E-state index in [4.69, 9.17) is 4.74 Å². The van der Waals surface area contributed by atoms with Gasteiger partial charge in [0.1, 0.15) is 5.60 Å². The Morgan fingerprint density at radius 2 is 2.05 bits per heavy atom. The molecule has 0 unspecified atom stereocenters. The molecule has 0 aliphatic carbocycles. The zero-order chi connectivity index (χ0) is 13.7. The number of Topliss-reactive ketones (excluding diaryl/α,β-unsaturated/α-hetero) is 1. The van der Waals surface area contributed by atoms with Crippen molar-refractivity contribution in [2.75, 3.05) is 13.1 Å². The van der Waals surface area contributed by atoms with Gasteiger partial charge in [0.25, 0.3) is 0 Å². The van der Waals surface area contributed by atoms with E-state index in [1.54, 1.807) is 0 Å². The zero-order valence-corrected chi connectivity index (χ0v) is 11.8. The summed E-state index contributed by atoms with van der Waals surface area (Å²) < 4.78 is 7.99. The van der Waals surface area contributed by atoms with Gasteiger partial charge in [-0.25, -0.2) is 0 Å². The molecule has 5 heteroatoms. The Morgan fingerprint density at radius 3 is 2.68 bits per heavy atom. The Morgan fingerprint density at radius 1 is 1.37 bits per heavy atom. The van der Waals surface area contributed by atoms with Crippen LogP contribution in [0.15, 0.2) is 6.20 Å². The Balaban J connectivity index is 1.95. The number of nitrogens with one attached hydrogen (secondary N) is 1. The third kappa shape index (κ3) is 2.16. The van der Waals surface area contributed by atoms with Crippen LogP contribution in [0.3, 0.4) is 0 Å². The van der Waals surface area contributed by atoms with E-state index in [-0.39, 0.29) is 16.9 Å². The van der Waals surface area contributed by atoms with Crippen molar-refractivity contribution in [1.82, 2.24) is 15.1 Å². The SMILES string of the molecule is CC(C)(C)n1cc2c(n1)C(=O)CC1(CCNCC1)O2. The number of nitrogens with zero attached hydrogens (tertiary/aromatic N) is 2. The van der Waals surface area contributed by atoms with Crippen molar-refractivity contribution in [3.8, 4) is 5.75 Å². The molecule has 1 N–H and O–H groups in total. The number of hydrogen-bond acceptors (Lipinski definition) is 4. The van der Waals surface area contributed by atoms with Crippen molar-refractivity contribution in [3.05, 3.63) is 11.9 Å². The molecule has 5 nitrogen and oxygen atoms in total. The largest absolute Gasteiger partial charge is 0.483 e. The molecule has 104 valence electrons. The number of ether oxygens (including phenoxy) is 1. The van der Waals surface area contributed by atoms with Crippen LogP contribution in [-0.2, 0) is 5.54 Å². The molecule has 2 aliphatic rings. The fourth-order valence-electron chi connectivity index (χ4n) is 2.78. The van der Waals surface area contributed by atoms with Crippen molar-refractivity contribution in [3.63, 3.8) is 0 Å². The number of piperidine rings is 1. The van der Waals surface area contributed by atoms with E-state index in [0.29, 0.717) is 17.9 Å². The van der Waals surface area contributed by atoms with Gasteiger partial charge >= 0.3 is 0 Å². The molecule has 0 bridgehead atoms. The number of aromatic nitrogens is 2. The molecule has 2 aliphatic heterocycles. The topological polar surface area (TPSA) is 56.2 Å². The normalized spacial score (nSPS) is 22.2. The highest BCUT2D eigenvalue weighted by atomic mass is 16.5. The van der Waals surface area contributed by atoms with Crippen LogP contribution in [0, 0.1) is 0 Å². The first-order valence-electron chi connectivity index (χ1n) is 6.93. The maximum atomic E-state index is 12.3. The first-order valence-corrected chi connectivity index (χ1v) is 6.93. The molecule has 1 saturated heterocycles. The molecule has 0 atom stereocenters. The quantitative estimate of drug-likeness (QED) is 0.774. The second-order valence-electron chi connectivity index (χ2n) is 6.59. The lowest BCUT2D eigenvalue weighted by Gasteiger charge is -2.39. The predicted molar refractivity (Wildman–Crippen MR) is 71.6 cm³/mol. The maximum absolute atomic E-state index is 12.3. The van der Waals surface area contributed by atoms with Crippen molar-refractivity contribution < 1.29 is 9.53 Å². The predicted octanol–water partition coefficient (Wildman–Crippen LogP) is 1.73. The third-order valence-electron chi connectivity index (χ3n) is 3.96. The molecule has 0 aromatic carbocycles. The van der Waals surface area contributed by atoms with Crippen molar-refractivity contribution >= 4 is 5.78 Å². The summed E-state index contributed by atoms with van der Waals surface area (Å²) in [7, 11) is 0. The first kappa shape index (κ1) is 12.7. The van der Waals surface area contributed by atoms with Gasteiger partial charge in [-0.3, -0.25) is 9.48 Å². The number of rotatable bonds is 0. The summed E-state index contributed by atoms with van der Waals surface area (Å²) in [5.41, 5.74) is 0.0580. The number of carbonyl (C=O) groups is 1. The molecular weight excluding hydrogens is 242 g/mol. The summed E-state index contributed by atoms with van der Waals surface area (Å²) in [6.07, 6.45) is 4.11. The van der Waals surface area contributed by atoms with Gasteiger partial charge < -0.3 is 10.1 Å². The van der Waals surface area contributed by atoms with Crippen LogP contribution in [0.5, 0.6) is 5.75 Å². The van der Waals surface area contributed by atoms with Gasteiger partial charge in [0.15, 0.2) is 17.2 Å². The fourth-order valence-corrected chi connectivity index (χ4v) is 2.78. The average molecular weight is 263 g/mol. The molecule has 19 heavy (non-hydrogen) atoms. The lowest BCUT2D eigenvalue weighted by atomic mass is 9.84. The van der Waals surface area contributed by atoms with Crippen LogP contribution in [0.4, 0.5) is 0 Å². The molecule has 0 radical (unpaired) electrons. The van der Waals surface area contributed by atoms with Gasteiger partial charge in [-0.15, -0.1) is 0 Å². The van der Waals surface area contributed by atoms with Gasteiger partial charge in [-0.1, -0.05) is 0 Å². The third-order valence-corrected chi connectivity index (χ3v) is 3.96. The van der Waals surface area contributed by atoms with Crippen molar-refractivity contribution in [2.24, 2.45) is 0 Å². The minimum Gasteiger partial charge on any atom is -0.483 e. The average Bonchev–Trinajstić information content (AvgIpc) is 2.73. The minimum absolute atomic E-state index is 0.117. The molecule has 3 heterocycles. The van der Waals surface area contributed by atoms with Gasteiger partial charge in [-0.05, 0) is 33.9 Å². The van der Waals surface area contributed by atoms with Crippen molar-refractivity contribution in [1.29, 1.82) is 0 Å². The number of fused-ring (bicyclic) bond motifs is 1. The van der Waals surface area contributed by atoms with Gasteiger partial charge in [0.2, 0.25) is 0 Å². The van der Waals surface area contributed by atoms with Gasteiger partial charge in [0.05, 0.1) is 18.2 Å². The molecule has 1 aromatic heterocycles. The van der Waals surface area contributed by atoms with E-state index in [1.807, 2.05) is 10.9 Å². The van der Waals surface area contributed by atoms with Crippen LogP contribution in [0.25, 0.3) is 0 Å². The molecule has 3 rings (SSSR count). The molecule has 1 aromatic rings. The van der Waals surface area contributed by atoms with Gasteiger partial charge in [-0.2, -0.15) is 5.10 Å². The summed E-state index contributed by atoms with van der Waals surface area (Å²) >= 11 is 0. The number of hydrogen-bond donors (Lipinski definition) is 1. The monoisotopic (exact) mass is 263 g/mol. The van der Waals surface area contributed by atoms with Crippen LogP contribution >= 0.6 is 0 Å². The highest BCUT2D eigenvalue weighted by molar-refractivity contribution is 5.98. The van der Waals surface area contributed by atoms with Crippen LogP contribution in [0.2, 0.25) is 0 Å². The van der Waals surface area contributed by atoms with Crippen molar-refractivity contribution in [2.45, 2.75) is 51.2 Å². The second kappa shape index (κ2) is 4.07. The Kier molecular flexibility index (Phi) is 2.71. The molecule has 0 amide bonds. The lowest BCUT2D eigenvalue weighted by molar-refractivity contribution is 0.0185.